The fraction of sp³-hybridized carbons (Fsp3) is 0.111. The van der Waals surface area contributed by atoms with Crippen LogP contribution in [0.25, 0.3) is 0 Å². The molecule has 30 heavy (non-hydrogen) atoms. The number of alkyl halides is 1. The molecule has 0 saturated heterocycles. The van der Waals surface area contributed by atoms with Gasteiger partial charge in [0.15, 0.2) is 0 Å². The number of hydrogen-bond acceptors (Lipinski definition) is 1. The first-order chi connectivity index (χ1) is 14.8. The van der Waals surface area contributed by atoms with E-state index in [1.54, 1.807) is 0 Å². The van der Waals surface area contributed by atoms with Crippen molar-refractivity contribution in [1.29, 1.82) is 0 Å². The van der Waals surface area contributed by atoms with Crippen LogP contribution in [-0.2, 0) is 6.16 Å². The van der Waals surface area contributed by atoms with E-state index in [2.05, 4.69) is 103 Å². The van der Waals surface area contributed by atoms with Crippen LogP contribution >= 0.6 is 7.26 Å². The third-order valence-corrected chi connectivity index (χ3v) is 10.4. The molecule has 1 nitrogen and oxygen atoms in total. The van der Waals surface area contributed by atoms with Gasteiger partial charge < -0.3 is 0 Å². The molecule has 0 fully saturated rings. The molecule has 0 saturated carbocycles. The van der Waals surface area contributed by atoms with E-state index in [1.165, 1.54) is 21.5 Å². The van der Waals surface area contributed by atoms with E-state index in [4.69, 9.17) is 4.74 Å². The van der Waals surface area contributed by atoms with Crippen molar-refractivity contribution in [2.24, 2.45) is 0 Å². The molecule has 0 unspecified atom stereocenters. The van der Waals surface area contributed by atoms with Gasteiger partial charge in [0.05, 0.1) is 0 Å². The Morgan fingerprint density at radius 2 is 1.13 bits per heavy atom. The van der Waals surface area contributed by atoms with Crippen LogP contribution in [0.2, 0.25) is 0 Å². The second-order valence-corrected chi connectivity index (χ2v) is 11.3. The molecule has 4 rings (SSSR count). The summed E-state index contributed by atoms with van der Waals surface area (Å²) in [6.45, 7) is -0.415. The van der Waals surface area contributed by atoms with Crippen LogP contribution in [0.3, 0.4) is 0 Å². The number of ether oxygens (including phenoxy) is 1. The number of rotatable bonds is 8. The first-order valence-corrected chi connectivity index (χ1v) is 12.5. The molecule has 0 atom stereocenters. The summed E-state index contributed by atoms with van der Waals surface area (Å²) >= 11 is 0. The molecule has 3 heteroatoms. The number of hydrogen-bond donors (Lipinski definition) is 0. The van der Waals surface area contributed by atoms with Crippen molar-refractivity contribution in [3.05, 3.63) is 121 Å². The minimum atomic E-state index is -2.41. The van der Waals surface area contributed by atoms with E-state index in [1.807, 2.05) is 12.1 Å². The van der Waals surface area contributed by atoms with E-state index in [9.17, 15) is 4.39 Å². The molecule has 0 aliphatic rings. The summed E-state index contributed by atoms with van der Waals surface area (Å²) in [4.78, 5) is 0. The summed E-state index contributed by atoms with van der Waals surface area (Å²) in [6.07, 6.45) is 0.939. The molecule has 0 amide bonds. The van der Waals surface area contributed by atoms with Gasteiger partial charge in [0.25, 0.3) is 0 Å². The second kappa shape index (κ2) is 9.69. The zero-order valence-electron chi connectivity index (χ0n) is 16.9. The van der Waals surface area contributed by atoms with Gasteiger partial charge in [-0.3, -0.25) is 0 Å². The van der Waals surface area contributed by atoms with Crippen LogP contribution in [0.5, 0.6) is 5.75 Å². The van der Waals surface area contributed by atoms with E-state index in [0.29, 0.717) is 0 Å². The maximum absolute atomic E-state index is 12.7. The Labute approximate surface area is 178 Å². The van der Waals surface area contributed by atoms with Gasteiger partial charge in [-0.2, -0.15) is 0 Å². The monoisotopic (exact) mass is 415 g/mol. The van der Waals surface area contributed by atoms with Crippen LogP contribution in [-0.4, -0.2) is 13.3 Å². The number of halogens is 1. The molecule has 152 valence electrons. The van der Waals surface area contributed by atoms with Gasteiger partial charge >= 0.3 is 178 Å². The van der Waals surface area contributed by atoms with E-state index < -0.39 is 13.9 Å². The molecule has 0 bridgehead atoms. The molecule has 0 aromatic heterocycles. The van der Waals surface area contributed by atoms with Gasteiger partial charge in [-0.1, -0.05) is 0 Å². The standard InChI is InChI=1S/C27H26FOP/c28-19-20-29-24-13-10-18-27(21-24)30(25-14-6-2-7-15-25,26-16-8-3-9-17-26)22-23-11-4-1-5-12-23/h1-18,21,30H,19-20,22H2/i28-1. The summed E-state index contributed by atoms with van der Waals surface area (Å²) in [7, 11) is -2.41. The summed E-state index contributed by atoms with van der Waals surface area (Å²) in [5, 5.41) is 3.96. The molecular formula is C27H26FOP. The second-order valence-electron chi connectivity index (χ2n) is 7.37. The Hall–Kier alpha value is -2.96. The predicted octanol–water partition coefficient (Wildman–Crippen LogP) is 5.26. The van der Waals surface area contributed by atoms with Gasteiger partial charge in [-0.25, -0.2) is 0 Å². The van der Waals surface area contributed by atoms with Crippen molar-refractivity contribution in [1.82, 2.24) is 0 Å². The quantitative estimate of drug-likeness (QED) is 0.357. The summed E-state index contributed by atoms with van der Waals surface area (Å²) in [6, 6.07) is 40.5. The van der Waals surface area contributed by atoms with Crippen molar-refractivity contribution in [2.75, 3.05) is 13.3 Å². The first kappa shape index (κ1) is 20.3. The van der Waals surface area contributed by atoms with Crippen LogP contribution in [0, 0.1) is 0 Å². The molecule has 0 aliphatic heterocycles. The molecule has 4 aromatic carbocycles. The van der Waals surface area contributed by atoms with Gasteiger partial charge in [-0.15, -0.1) is 0 Å². The van der Waals surface area contributed by atoms with Crippen molar-refractivity contribution in [3.63, 3.8) is 0 Å². The molecule has 0 spiro atoms. The minimum absolute atomic E-state index is 0.0768. The zero-order valence-corrected chi connectivity index (χ0v) is 17.9. The average Bonchev–Trinajstić information content (AvgIpc) is 2.83. The van der Waals surface area contributed by atoms with Crippen LogP contribution in [0.4, 0.5) is 4.39 Å². The van der Waals surface area contributed by atoms with E-state index in [-0.39, 0.29) is 6.61 Å². The van der Waals surface area contributed by atoms with E-state index >= 15 is 0 Å². The third-order valence-electron chi connectivity index (χ3n) is 5.52. The van der Waals surface area contributed by atoms with Crippen molar-refractivity contribution >= 4 is 23.2 Å². The van der Waals surface area contributed by atoms with Gasteiger partial charge in [0.1, 0.15) is 0 Å². The summed E-state index contributed by atoms with van der Waals surface area (Å²) < 4.78 is 18.4. The molecule has 4 aromatic rings. The average molecular weight is 415 g/mol. The SMILES string of the molecule is [18F]CCOc1cccc([PH](Cc2ccccc2)(c2ccccc2)c2ccccc2)c1. The van der Waals surface area contributed by atoms with Gasteiger partial charge in [0, 0.05) is 0 Å². The molecule has 0 N–H and O–H groups in total. The Kier molecular flexibility index (Phi) is 6.57. The molecule has 0 aliphatic carbocycles. The first-order valence-electron chi connectivity index (χ1n) is 10.3. The topological polar surface area (TPSA) is 9.23 Å². The number of benzene rings is 4. The maximum atomic E-state index is 12.7. The molecular weight excluding hydrogens is 389 g/mol. The zero-order chi connectivity index (χ0) is 20.7. The Bertz CT molecular complexity index is 1010. The normalized spacial score (nSPS) is 11.8. The van der Waals surface area contributed by atoms with Crippen LogP contribution in [0.15, 0.2) is 115 Å². The van der Waals surface area contributed by atoms with Gasteiger partial charge in [-0.05, 0) is 0 Å². The van der Waals surface area contributed by atoms with Crippen LogP contribution < -0.4 is 20.7 Å². The fourth-order valence-electron chi connectivity index (χ4n) is 4.16. The Morgan fingerprint density at radius 3 is 1.70 bits per heavy atom. The van der Waals surface area contributed by atoms with Crippen LogP contribution in [0.1, 0.15) is 5.56 Å². The molecule has 0 heterocycles. The van der Waals surface area contributed by atoms with Crippen molar-refractivity contribution < 1.29 is 9.13 Å². The molecule has 0 radical (unpaired) electrons. The predicted molar refractivity (Wildman–Crippen MR) is 128 cm³/mol. The van der Waals surface area contributed by atoms with Crippen molar-refractivity contribution in [2.45, 2.75) is 6.16 Å². The Morgan fingerprint density at radius 1 is 0.600 bits per heavy atom. The summed E-state index contributed by atoms with van der Waals surface area (Å²) in [5.74, 6) is 0.724. The van der Waals surface area contributed by atoms with Crippen molar-refractivity contribution in [3.8, 4) is 5.75 Å². The van der Waals surface area contributed by atoms with E-state index in [0.717, 1.165) is 11.9 Å². The Balaban J connectivity index is 1.95. The summed E-state index contributed by atoms with van der Waals surface area (Å²) in [5.41, 5.74) is 1.31. The van der Waals surface area contributed by atoms with Gasteiger partial charge in [0.2, 0.25) is 0 Å². The third kappa shape index (κ3) is 4.30. The fourth-order valence-corrected chi connectivity index (χ4v) is 8.91.